The Kier molecular flexibility index (Phi) is 2.79. The van der Waals surface area contributed by atoms with Gasteiger partial charge in [-0.1, -0.05) is 12.8 Å². The van der Waals surface area contributed by atoms with Crippen LogP contribution in [0.2, 0.25) is 0 Å². The van der Waals surface area contributed by atoms with Crippen molar-refractivity contribution in [1.29, 1.82) is 0 Å². The lowest BCUT2D eigenvalue weighted by molar-refractivity contribution is 0.243. The lowest BCUT2D eigenvalue weighted by Crippen LogP contribution is -2.46. The van der Waals surface area contributed by atoms with Gasteiger partial charge in [0.1, 0.15) is 5.82 Å². The number of anilines is 1. The summed E-state index contributed by atoms with van der Waals surface area (Å²) in [4.78, 5) is 7.41. The Morgan fingerprint density at radius 1 is 1.00 bits per heavy atom. The molecular weight excluding hydrogens is 242 g/mol. The third-order valence-electron chi connectivity index (χ3n) is 4.86. The summed E-state index contributed by atoms with van der Waals surface area (Å²) in [5, 5.41) is 1.22. The van der Waals surface area contributed by atoms with Gasteiger partial charge in [0.05, 0.1) is 0 Å². The lowest BCUT2D eigenvalue weighted by Gasteiger charge is -2.43. The molecule has 4 heteroatoms. The third-order valence-corrected chi connectivity index (χ3v) is 5.63. The first-order chi connectivity index (χ1) is 8.92. The molecular formula is C14H21N3S. The van der Waals surface area contributed by atoms with Gasteiger partial charge >= 0.3 is 0 Å². The zero-order chi connectivity index (χ0) is 11.9. The predicted octanol–water partition coefficient (Wildman–Crippen LogP) is 3.57. The average molecular weight is 263 g/mol. The Labute approximate surface area is 113 Å². The first-order valence-electron chi connectivity index (χ1n) is 7.52. The SMILES string of the molecule is C1CCC2C(C1)CCCN2c1nc(C2CC2)ns1. The minimum absolute atomic E-state index is 0.696. The van der Waals surface area contributed by atoms with E-state index in [0.717, 1.165) is 17.8 Å². The van der Waals surface area contributed by atoms with Gasteiger partial charge < -0.3 is 4.90 Å². The van der Waals surface area contributed by atoms with Crippen LogP contribution in [0.25, 0.3) is 0 Å². The summed E-state index contributed by atoms with van der Waals surface area (Å²) in [6.07, 6.45) is 11.1. The van der Waals surface area contributed by atoms with Crippen LogP contribution in [0, 0.1) is 5.92 Å². The molecule has 0 radical (unpaired) electrons. The van der Waals surface area contributed by atoms with Crippen LogP contribution in [-0.2, 0) is 0 Å². The molecule has 1 saturated heterocycles. The smallest absolute Gasteiger partial charge is 0.205 e. The molecule has 1 aromatic heterocycles. The van der Waals surface area contributed by atoms with E-state index in [9.17, 15) is 0 Å². The molecule has 3 fully saturated rings. The fourth-order valence-corrected chi connectivity index (χ4v) is 4.54. The fourth-order valence-electron chi connectivity index (χ4n) is 3.71. The molecule has 2 heterocycles. The topological polar surface area (TPSA) is 29.0 Å². The van der Waals surface area contributed by atoms with E-state index in [2.05, 4.69) is 9.27 Å². The van der Waals surface area contributed by atoms with Crippen molar-refractivity contribution in [3.8, 4) is 0 Å². The van der Waals surface area contributed by atoms with Crippen LogP contribution in [0.3, 0.4) is 0 Å². The molecule has 0 N–H and O–H groups in total. The Hall–Kier alpha value is -0.640. The maximum absolute atomic E-state index is 4.82. The summed E-state index contributed by atoms with van der Waals surface area (Å²) in [5.74, 6) is 2.76. The summed E-state index contributed by atoms with van der Waals surface area (Å²) in [6.45, 7) is 1.21. The highest BCUT2D eigenvalue weighted by Gasteiger charge is 2.35. The largest absolute Gasteiger partial charge is 0.344 e. The highest BCUT2D eigenvalue weighted by molar-refractivity contribution is 7.09. The van der Waals surface area contributed by atoms with Crippen LogP contribution in [-0.4, -0.2) is 21.9 Å². The van der Waals surface area contributed by atoms with Gasteiger partial charge in [-0.05, 0) is 44.4 Å². The van der Waals surface area contributed by atoms with Gasteiger partial charge in [0, 0.05) is 30.0 Å². The molecule has 2 atom stereocenters. The minimum Gasteiger partial charge on any atom is -0.344 e. The fraction of sp³-hybridized carbons (Fsp3) is 0.857. The van der Waals surface area contributed by atoms with E-state index in [-0.39, 0.29) is 0 Å². The lowest BCUT2D eigenvalue weighted by atomic mass is 9.78. The van der Waals surface area contributed by atoms with Gasteiger partial charge in [-0.3, -0.25) is 0 Å². The molecule has 2 aliphatic carbocycles. The number of hydrogen-bond acceptors (Lipinski definition) is 4. The van der Waals surface area contributed by atoms with Crippen LogP contribution < -0.4 is 4.90 Å². The monoisotopic (exact) mass is 263 g/mol. The molecule has 4 rings (SSSR count). The second-order valence-corrected chi connectivity index (χ2v) is 6.89. The first kappa shape index (κ1) is 11.2. The quantitative estimate of drug-likeness (QED) is 0.816. The van der Waals surface area contributed by atoms with Crippen molar-refractivity contribution in [2.75, 3.05) is 11.4 Å². The van der Waals surface area contributed by atoms with Gasteiger partial charge in [-0.2, -0.15) is 4.37 Å². The zero-order valence-electron chi connectivity index (χ0n) is 10.8. The highest BCUT2D eigenvalue weighted by Crippen LogP contribution is 2.42. The molecule has 18 heavy (non-hydrogen) atoms. The minimum atomic E-state index is 0.696. The molecule has 0 aromatic carbocycles. The third kappa shape index (κ3) is 1.94. The molecule has 3 aliphatic rings. The van der Waals surface area contributed by atoms with E-state index in [1.807, 2.05) is 0 Å². The maximum Gasteiger partial charge on any atom is 0.205 e. The van der Waals surface area contributed by atoms with Gasteiger partial charge in [-0.15, -0.1) is 0 Å². The first-order valence-corrected chi connectivity index (χ1v) is 8.29. The van der Waals surface area contributed by atoms with Crippen molar-refractivity contribution in [2.45, 2.75) is 63.3 Å². The van der Waals surface area contributed by atoms with Crippen molar-refractivity contribution in [1.82, 2.24) is 9.36 Å². The van der Waals surface area contributed by atoms with Crippen LogP contribution in [0.15, 0.2) is 0 Å². The second-order valence-electron chi connectivity index (χ2n) is 6.16. The van der Waals surface area contributed by atoms with E-state index in [1.165, 1.54) is 63.0 Å². The van der Waals surface area contributed by atoms with E-state index in [0.29, 0.717) is 5.92 Å². The summed E-state index contributed by atoms with van der Waals surface area (Å²) < 4.78 is 4.58. The molecule has 2 unspecified atom stereocenters. The highest BCUT2D eigenvalue weighted by atomic mass is 32.1. The van der Waals surface area contributed by atoms with Crippen molar-refractivity contribution < 1.29 is 0 Å². The number of aromatic nitrogens is 2. The molecule has 0 bridgehead atoms. The van der Waals surface area contributed by atoms with E-state index in [1.54, 1.807) is 11.5 Å². The number of piperidine rings is 1. The molecule has 0 spiro atoms. The summed E-state index contributed by atoms with van der Waals surface area (Å²) in [5.41, 5.74) is 0. The average Bonchev–Trinajstić information content (AvgIpc) is 3.16. The van der Waals surface area contributed by atoms with Crippen LogP contribution in [0.1, 0.15) is 63.1 Å². The molecule has 3 nitrogen and oxygen atoms in total. The zero-order valence-corrected chi connectivity index (χ0v) is 11.7. The molecule has 2 saturated carbocycles. The Bertz CT molecular complexity index is 424. The number of rotatable bonds is 2. The van der Waals surface area contributed by atoms with Crippen molar-refractivity contribution >= 4 is 16.7 Å². The number of hydrogen-bond donors (Lipinski definition) is 0. The standard InChI is InChI=1S/C14H21N3S/c1-2-6-12-10(4-1)5-3-9-17(12)14-15-13(16-18-14)11-7-8-11/h10-12H,1-9H2. The van der Waals surface area contributed by atoms with Crippen LogP contribution in [0.4, 0.5) is 5.13 Å². The molecule has 1 aliphatic heterocycles. The Morgan fingerprint density at radius 2 is 1.83 bits per heavy atom. The predicted molar refractivity (Wildman–Crippen MR) is 74.2 cm³/mol. The van der Waals surface area contributed by atoms with Gasteiger partial charge in [0.2, 0.25) is 5.13 Å². The van der Waals surface area contributed by atoms with Gasteiger partial charge in [-0.25, -0.2) is 4.98 Å². The summed E-state index contributed by atoms with van der Waals surface area (Å²) in [6, 6.07) is 0.771. The second kappa shape index (κ2) is 4.48. The van der Waals surface area contributed by atoms with Crippen LogP contribution >= 0.6 is 11.5 Å². The number of fused-ring (bicyclic) bond motifs is 1. The van der Waals surface area contributed by atoms with E-state index >= 15 is 0 Å². The normalized spacial score (nSPS) is 32.3. The molecule has 0 amide bonds. The Balaban J connectivity index is 1.57. The van der Waals surface area contributed by atoms with Gasteiger partial charge in [0.25, 0.3) is 0 Å². The van der Waals surface area contributed by atoms with Crippen molar-refractivity contribution in [3.63, 3.8) is 0 Å². The van der Waals surface area contributed by atoms with E-state index < -0.39 is 0 Å². The van der Waals surface area contributed by atoms with Gasteiger partial charge in [0.15, 0.2) is 0 Å². The molecule has 98 valence electrons. The van der Waals surface area contributed by atoms with Crippen LogP contribution in [0.5, 0.6) is 0 Å². The van der Waals surface area contributed by atoms with E-state index in [4.69, 9.17) is 4.98 Å². The summed E-state index contributed by atoms with van der Waals surface area (Å²) in [7, 11) is 0. The Morgan fingerprint density at radius 3 is 2.72 bits per heavy atom. The van der Waals surface area contributed by atoms with Crippen molar-refractivity contribution in [2.24, 2.45) is 5.92 Å². The number of nitrogens with zero attached hydrogens (tertiary/aromatic N) is 3. The molecule has 1 aromatic rings. The summed E-state index contributed by atoms with van der Waals surface area (Å²) >= 11 is 1.64. The maximum atomic E-state index is 4.82. The van der Waals surface area contributed by atoms with Crippen molar-refractivity contribution in [3.05, 3.63) is 5.82 Å².